The molecule has 3 rings (SSSR count). The van der Waals surface area contributed by atoms with Gasteiger partial charge >= 0.3 is 0 Å². The lowest BCUT2D eigenvalue weighted by atomic mass is 10.1. The number of nitrogens with one attached hydrogen (secondary N) is 1. The van der Waals surface area contributed by atoms with E-state index in [-0.39, 0.29) is 23.1 Å². The lowest BCUT2D eigenvalue weighted by molar-refractivity contribution is 0.271. The highest BCUT2D eigenvalue weighted by Crippen LogP contribution is 2.29. The van der Waals surface area contributed by atoms with Gasteiger partial charge in [0.05, 0.1) is 6.04 Å². The summed E-state index contributed by atoms with van der Waals surface area (Å²) in [6, 6.07) is 8.87. The fourth-order valence-corrected chi connectivity index (χ4v) is 4.27. The normalized spacial score (nSPS) is 18.8. The SMILES string of the molecule is Cc1ccc(S(=O)(=O)N2CCNCC2c2cccc(F)c2)cn1.Cl. The van der Waals surface area contributed by atoms with E-state index in [9.17, 15) is 12.8 Å². The van der Waals surface area contributed by atoms with Gasteiger partial charge in [-0.05, 0) is 36.8 Å². The molecule has 0 saturated carbocycles. The minimum Gasteiger partial charge on any atom is -0.313 e. The van der Waals surface area contributed by atoms with Crippen LogP contribution >= 0.6 is 12.4 Å². The van der Waals surface area contributed by atoms with Crippen molar-refractivity contribution in [1.29, 1.82) is 0 Å². The number of pyridine rings is 1. The number of aromatic nitrogens is 1. The molecular formula is C16H19ClFN3O2S. The second-order valence-corrected chi connectivity index (χ2v) is 7.42. The summed E-state index contributed by atoms with van der Waals surface area (Å²) in [7, 11) is -3.68. The Kier molecular flexibility index (Phi) is 5.92. The predicted molar refractivity (Wildman–Crippen MR) is 92.1 cm³/mol. The first-order chi connectivity index (χ1) is 11.0. The van der Waals surface area contributed by atoms with E-state index in [1.807, 2.05) is 0 Å². The molecule has 1 atom stereocenters. The highest BCUT2D eigenvalue weighted by Gasteiger charge is 2.34. The van der Waals surface area contributed by atoms with Crippen LogP contribution < -0.4 is 5.32 Å². The Hall–Kier alpha value is -1.54. The van der Waals surface area contributed by atoms with Crippen LogP contribution in [0.2, 0.25) is 0 Å². The van der Waals surface area contributed by atoms with E-state index in [4.69, 9.17) is 0 Å². The van der Waals surface area contributed by atoms with Gasteiger partial charge in [0.2, 0.25) is 10.0 Å². The minimum atomic E-state index is -3.68. The molecule has 1 aliphatic heterocycles. The van der Waals surface area contributed by atoms with Gasteiger partial charge in [0.15, 0.2) is 0 Å². The second kappa shape index (κ2) is 7.57. The van der Waals surface area contributed by atoms with Gasteiger partial charge in [0, 0.05) is 31.5 Å². The lowest BCUT2D eigenvalue weighted by Gasteiger charge is -2.35. The molecule has 1 saturated heterocycles. The Balaban J connectivity index is 0.00000208. The van der Waals surface area contributed by atoms with Crippen LogP contribution in [0, 0.1) is 12.7 Å². The van der Waals surface area contributed by atoms with Crippen LogP contribution in [0.3, 0.4) is 0 Å². The van der Waals surface area contributed by atoms with Gasteiger partial charge in [0.1, 0.15) is 10.7 Å². The molecule has 1 unspecified atom stereocenters. The maximum absolute atomic E-state index is 13.5. The van der Waals surface area contributed by atoms with Gasteiger partial charge in [-0.15, -0.1) is 12.4 Å². The maximum atomic E-state index is 13.5. The predicted octanol–water partition coefficient (Wildman–Crippen LogP) is 2.29. The van der Waals surface area contributed by atoms with Crippen LogP contribution in [-0.4, -0.2) is 37.3 Å². The number of sulfonamides is 1. The average molecular weight is 372 g/mol. The Labute approximate surface area is 147 Å². The van der Waals surface area contributed by atoms with Crippen LogP contribution in [0.5, 0.6) is 0 Å². The summed E-state index contributed by atoms with van der Waals surface area (Å²) >= 11 is 0. The van der Waals surface area contributed by atoms with Crippen molar-refractivity contribution < 1.29 is 12.8 Å². The number of benzene rings is 1. The van der Waals surface area contributed by atoms with Crippen molar-refractivity contribution in [3.8, 4) is 0 Å². The van der Waals surface area contributed by atoms with Crippen LogP contribution in [0.25, 0.3) is 0 Å². The Morgan fingerprint density at radius 2 is 2.08 bits per heavy atom. The van der Waals surface area contributed by atoms with Crippen molar-refractivity contribution in [2.24, 2.45) is 0 Å². The van der Waals surface area contributed by atoms with Crippen LogP contribution in [0.1, 0.15) is 17.3 Å². The highest BCUT2D eigenvalue weighted by molar-refractivity contribution is 7.89. The van der Waals surface area contributed by atoms with Crippen molar-refractivity contribution in [2.45, 2.75) is 17.9 Å². The zero-order chi connectivity index (χ0) is 16.4. The summed E-state index contributed by atoms with van der Waals surface area (Å²) in [5.41, 5.74) is 1.40. The molecule has 0 bridgehead atoms. The second-order valence-electron chi connectivity index (χ2n) is 5.53. The Bertz CT molecular complexity index is 799. The first-order valence-corrected chi connectivity index (χ1v) is 8.83. The number of rotatable bonds is 3. The maximum Gasteiger partial charge on any atom is 0.245 e. The molecule has 130 valence electrons. The molecule has 2 heterocycles. The summed E-state index contributed by atoms with van der Waals surface area (Å²) < 4.78 is 40.8. The van der Waals surface area contributed by atoms with Gasteiger partial charge < -0.3 is 5.32 Å². The molecule has 1 fully saturated rings. The first kappa shape index (κ1) is 18.8. The summed E-state index contributed by atoms with van der Waals surface area (Å²) in [5, 5.41) is 3.17. The van der Waals surface area contributed by atoms with Crippen molar-refractivity contribution in [3.05, 3.63) is 59.7 Å². The van der Waals surface area contributed by atoms with Crippen LogP contribution in [-0.2, 0) is 10.0 Å². The van der Waals surface area contributed by atoms with E-state index in [0.717, 1.165) is 5.69 Å². The van der Waals surface area contributed by atoms with Crippen molar-refractivity contribution >= 4 is 22.4 Å². The molecule has 1 N–H and O–H groups in total. The molecule has 1 aromatic heterocycles. The average Bonchev–Trinajstić information content (AvgIpc) is 2.55. The highest BCUT2D eigenvalue weighted by atomic mass is 35.5. The standard InChI is InChI=1S/C16H18FN3O2S.ClH/c1-12-5-6-15(10-19-12)23(21,22)20-8-7-18-11-16(20)13-3-2-4-14(17)9-13;/h2-6,9-10,16,18H,7-8,11H2,1H3;1H. The molecule has 0 spiro atoms. The van der Waals surface area contributed by atoms with E-state index in [2.05, 4.69) is 10.3 Å². The van der Waals surface area contributed by atoms with E-state index < -0.39 is 16.1 Å². The van der Waals surface area contributed by atoms with Crippen LogP contribution in [0.4, 0.5) is 4.39 Å². The Morgan fingerprint density at radius 1 is 1.29 bits per heavy atom. The number of hydrogen-bond acceptors (Lipinski definition) is 4. The van der Waals surface area contributed by atoms with E-state index in [0.29, 0.717) is 25.2 Å². The fraction of sp³-hybridized carbons (Fsp3) is 0.312. The third kappa shape index (κ3) is 3.75. The number of nitrogens with zero attached hydrogens (tertiary/aromatic N) is 2. The van der Waals surface area contributed by atoms with Gasteiger partial charge in [0.25, 0.3) is 0 Å². The number of piperazine rings is 1. The summed E-state index contributed by atoms with van der Waals surface area (Å²) in [4.78, 5) is 4.23. The Morgan fingerprint density at radius 3 is 2.75 bits per heavy atom. The van der Waals surface area contributed by atoms with E-state index in [1.165, 1.54) is 22.6 Å². The van der Waals surface area contributed by atoms with Crippen molar-refractivity contribution in [2.75, 3.05) is 19.6 Å². The van der Waals surface area contributed by atoms with Gasteiger partial charge in [-0.1, -0.05) is 12.1 Å². The van der Waals surface area contributed by atoms with Gasteiger partial charge in [-0.25, -0.2) is 12.8 Å². The monoisotopic (exact) mass is 371 g/mol. The minimum absolute atomic E-state index is 0. The van der Waals surface area contributed by atoms with E-state index >= 15 is 0 Å². The lowest BCUT2D eigenvalue weighted by Crippen LogP contribution is -2.48. The fourth-order valence-electron chi connectivity index (χ4n) is 2.71. The molecular weight excluding hydrogens is 353 g/mol. The summed E-state index contributed by atoms with van der Waals surface area (Å²) in [6.45, 7) is 3.14. The molecule has 2 aromatic rings. The summed E-state index contributed by atoms with van der Waals surface area (Å²) in [5.74, 6) is -0.373. The third-order valence-corrected chi connectivity index (χ3v) is 5.81. The summed E-state index contributed by atoms with van der Waals surface area (Å²) in [6.07, 6.45) is 1.37. The number of hydrogen-bond donors (Lipinski definition) is 1. The van der Waals surface area contributed by atoms with Gasteiger partial charge in [-0.2, -0.15) is 4.31 Å². The zero-order valence-electron chi connectivity index (χ0n) is 13.1. The number of aryl methyl sites for hydroxylation is 1. The molecule has 1 aromatic carbocycles. The molecule has 0 radical (unpaired) electrons. The zero-order valence-corrected chi connectivity index (χ0v) is 14.8. The largest absolute Gasteiger partial charge is 0.313 e. The van der Waals surface area contributed by atoms with Gasteiger partial charge in [-0.3, -0.25) is 4.98 Å². The van der Waals surface area contributed by atoms with E-state index in [1.54, 1.807) is 31.2 Å². The smallest absolute Gasteiger partial charge is 0.245 e. The molecule has 1 aliphatic rings. The molecule has 0 amide bonds. The van der Waals surface area contributed by atoms with Crippen LogP contribution in [0.15, 0.2) is 47.5 Å². The topological polar surface area (TPSA) is 62.3 Å². The number of halogens is 2. The molecule has 0 aliphatic carbocycles. The third-order valence-electron chi connectivity index (χ3n) is 3.92. The molecule has 8 heteroatoms. The quantitative estimate of drug-likeness (QED) is 0.899. The molecule has 5 nitrogen and oxygen atoms in total. The van der Waals surface area contributed by atoms with Crippen molar-refractivity contribution in [3.63, 3.8) is 0 Å². The first-order valence-electron chi connectivity index (χ1n) is 7.39. The molecule has 24 heavy (non-hydrogen) atoms. The van der Waals surface area contributed by atoms with Crippen molar-refractivity contribution in [1.82, 2.24) is 14.6 Å².